The van der Waals surface area contributed by atoms with Crippen LogP contribution in [-0.2, 0) is 22.5 Å². The van der Waals surface area contributed by atoms with E-state index in [1.54, 1.807) is 24.3 Å². The number of carbonyl (C=O) groups excluding carboxylic acids is 1. The zero-order chi connectivity index (χ0) is 13.4. The maximum atomic E-state index is 11.7. The predicted octanol–water partition coefficient (Wildman–Crippen LogP) is 2.91. The average Bonchev–Trinajstić information content (AvgIpc) is 2.84. The Labute approximate surface area is 113 Å². The molecule has 0 aliphatic rings. The van der Waals surface area contributed by atoms with Crippen molar-refractivity contribution in [1.29, 1.82) is 0 Å². The first-order valence-corrected chi connectivity index (χ1v) is 7.06. The molecule has 0 bridgehead atoms. The fourth-order valence-electron chi connectivity index (χ4n) is 1.43. The lowest BCUT2D eigenvalue weighted by molar-refractivity contribution is -0.131. The first-order chi connectivity index (χ1) is 8.67. The van der Waals surface area contributed by atoms with Crippen LogP contribution in [-0.4, -0.2) is 18.6 Å². The van der Waals surface area contributed by atoms with Gasteiger partial charge in [0, 0.05) is 9.75 Å². The van der Waals surface area contributed by atoms with E-state index in [0.29, 0.717) is 13.2 Å². The van der Waals surface area contributed by atoms with Crippen molar-refractivity contribution < 1.29 is 9.53 Å². The minimum atomic E-state index is -0.407. The topological polar surface area (TPSA) is 38.3 Å². The lowest BCUT2D eigenvalue weighted by Crippen LogP contribution is -2.34. The molecule has 1 heterocycles. The van der Waals surface area contributed by atoms with E-state index in [4.69, 9.17) is 4.74 Å². The number of thiophene rings is 1. The summed E-state index contributed by atoms with van der Waals surface area (Å²) in [7, 11) is 0. The van der Waals surface area contributed by atoms with Crippen LogP contribution in [0.5, 0.6) is 0 Å². The summed E-state index contributed by atoms with van der Waals surface area (Å²) in [4.78, 5) is 14.3. The van der Waals surface area contributed by atoms with Gasteiger partial charge in [-0.1, -0.05) is 13.0 Å². The summed E-state index contributed by atoms with van der Waals surface area (Å²) in [6.45, 7) is 8.63. The van der Waals surface area contributed by atoms with Crippen molar-refractivity contribution in [2.24, 2.45) is 0 Å². The Morgan fingerprint density at radius 3 is 2.89 bits per heavy atom. The second-order valence-electron chi connectivity index (χ2n) is 4.03. The highest BCUT2D eigenvalue weighted by atomic mass is 32.1. The fourth-order valence-corrected chi connectivity index (χ4v) is 2.33. The fraction of sp³-hybridized carbons (Fsp3) is 0.500. The molecule has 1 atom stereocenters. The number of rotatable bonds is 8. The number of carbonyl (C=O) groups is 1. The molecule has 4 heteroatoms. The Morgan fingerprint density at radius 1 is 1.56 bits per heavy atom. The summed E-state index contributed by atoms with van der Waals surface area (Å²) in [6, 6.07) is 4.17. The van der Waals surface area contributed by atoms with Crippen molar-refractivity contribution in [3.8, 4) is 0 Å². The van der Waals surface area contributed by atoms with Gasteiger partial charge in [0.1, 0.15) is 6.10 Å². The van der Waals surface area contributed by atoms with Crippen molar-refractivity contribution >= 4 is 17.2 Å². The van der Waals surface area contributed by atoms with Gasteiger partial charge in [0.15, 0.2) is 0 Å². The van der Waals surface area contributed by atoms with E-state index in [1.807, 2.05) is 0 Å². The third-order valence-electron chi connectivity index (χ3n) is 2.56. The molecule has 1 rings (SSSR count). The van der Waals surface area contributed by atoms with Gasteiger partial charge >= 0.3 is 0 Å². The van der Waals surface area contributed by atoms with Crippen LogP contribution < -0.4 is 5.32 Å². The Morgan fingerprint density at radius 2 is 2.28 bits per heavy atom. The Kier molecular flexibility index (Phi) is 6.68. The first-order valence-electron chi connectivity index (χ1n) is 6.25. The number of aryl methyl sites for hydroxylation is 1. The molecular weight excluding hydrogens is 246 g/mol. The molecule has 0 aliphatic heterocycles. The number of amides is 1. The summed E-state index contributed by atoms with van der Waals surface area (Å²) in [5.41, 5.74) is 0. The first kappa shape index (κ1) is 14.9. The zero-order valence-corrected chi connectivity index (χ0v) is 11.9. The smallest absolute Gasteiger partial charge is 0.249 e. The van der Waals surface area contributed by atoms with Crippen LogP contribution in [0.3, 0.4) is 0 Å². The molecular formula is C14H21NO2S. The molecule has 1 N–H and O–H groups in total. The molecule has 1 unspecified atom stereocenters. The maximum absolute atomic E-state index is 11.7. The average molecular weight is 267 g/mol. The highest BCUT2D eigenvalue weighted by molar-refractivity contribution is 7.11. The molecule has 0 saturated heterocycles. The van der Waals surface area contributed by atoms with Crippen LogP contribution in [0.25, 0.3) is 0 Å². The lowest BCUT2D eigenvalue weighted by atomic mass is 10.3. The molecule has 0 fully saturated rings. The molecule has 0 radical (unpaired) electrons. The molecule has 18 heavy (non-hydrogen) atoms. The van der Waals surface area contributed by atoms with Crippen LogP contribution in [0.4, 0.5) is 0 Å². The van der Waals surface area contributed by atoms with Crippen LogP contribution in [0.2, 0.25) is 0 Å². The second-order valence-corrected chi connectivity index (χ2v) is 5.28. The van der Waals surface area contributed by atoms with Crippen molar-refractivity contribution in [1.82, 2.24) is 5.32 Å². The second kappa shape index (κ2) is 8.06. The highest BCUT2D eigenvalue weighted by Crippen LogP contribution is 2.16. The minimum absolute atomic E-state index is 0.0643. The van der Waals surface area contributed by atoms with Gasteiger partial charge < -0.3 is 10.1 Å². The van der Waals surface area contributed by atoms with Crippen LogP contribution in [0.15, 0.2) is 24.8 Å². The number of hydrogen-bond donors (Lipinski definition) is 1. The van der Waals surface area contributed by atoms with E-state index < -0.39 is 6.10 Å². The van der Waals surface area contributed by atoms with Crippen molar-refractivity contribution in [3.63, 3.8) is 0 Å². The van der Waals surface area contributed by atoms with Gasteiger partial charge in [0.2, 0.25) is 5.91 Å². The van der Waals surface area contributed by atoms with Gasteiger partial charge in [0.25, 0.3) is 0 Å². The molecule has 1 aromatic heterocycles. The van der Waals surface area contributed by atoms with E-state index in [9.17, 15) is 4.79 Å². The largest absolute Gasteiger partial charge is 0.368 e. The Hall–Kier alpha value is -1.13. The summed E-state index contributed by atoms with van der Waals surface area (Å²) < 4.78 is 5.38. The van der Waals surface area contributed by atoms with E-state index in [1.165, 1.54) is 9.75 Å². The summed E-state index contributed by atoms with van der Waals surface area (Å²) >= 11 is 1.74. The van der Waals surface area contributed by atoms with Crippen molar-refractivity contribution in [2.75, 3.05) is 6.61 Å². The zero-order valence-electron chi connectivity index (χ0n) is 11.1. The Balaban J connectivity index is 2.29. The van der Waals surface area contributed by atoms with E-state index in [-0.39, 0.29) is 5.91 Å². The molecule has 100 valence electrons. The number of ether oxygens (including phenoxy) is 1. The molecule has 0 spiro atoms. The van der Waals surface area contributed by atoms with Gasteiger partial charge in [-0.25, -0.2) is 0 Å². The van der Waals surface area contributed by atoms with Gasteiger partial charge in [-0.3, -0.25) is 4.79 Å². The van der Waals surface area contributed by atoms with Crippen molar-refractivity contribution in [2.45, 2.75) is 39.3 Å². The minimum Gasteiger partial charge on any atom is -0.368 e. The van der Waals surface area contributed by atoms with Crippen molar-refractivity contribution in [3.05, 3.63) is 34.5 Å². The molecule has 1 aromatic rings. The molecule has 0 aromatic carbocycles. The van der Waals surface area contributed by atoms with Gasteiger partial charge in [0.05, 0.1) is 13.2 Å². The predicted molar refractivity (Wildman–Crippen MR) is 75.8 cm³/mol. The maximum Gasteiger partial charge on any atom is 0.249 e. The lowest BCUT2D eigenvalue weighted by Gasteiger charge is -2.12. The summed E-state index contributed by atoms with van der Waals surface area (Å²) in [6.07, 6.45) is 3.18. The summed E-state index contributed by atoms with van der Waals surface area (Å²) in [5.74, 6) is -0.0643. The molecule has 3 nitrogen and oxygen atoms in total. The van der Waals surface area contributed by atoms with E-state index in [2.05, 4.69) is 31.0 Å². The van der Waals surface area contributed by atoms with Crippen LogP contribution in [0.1, 0.15) is 30.0 Å². The molecule has 0 aliphatic carbocycles. The standard InChI is InChI=1S/C14H21NO2S/c1-4-6-9-17-11(3)14(16)15-10-13-8-7-12(5-2)18-13/h4,7-8,11H,1,5-6,9-10H2,2-3H3,(H,15,16). The molecule has 1 amide bonds. The van der Waals surface area contributed by atoms with Crippen LogP contribution in [0, 0.1) is 0 Å². The summed E-state index contributed by atoms with van der Waals surface area (Å²) in [5, 5.41) is 2.88. The quantitative estimate of drug-likeness (QED) is 0.581. The monoisotopic (exact) mass is 267 g/mol. The Bertz CT molecular complexity index is 387. The SMILES string of the molecule is C=CCCOC(C)C(=O)NCc1ccc(CC)s1. The van der Waals surface area contributed by atoms with Gasteiger partial charge in [-0.15, -0.1) is 17.9 Å². The van der Waals surface area contributed by atoms with Crippen LogP contribution >= 0.6 is 11.3 Å². The highest BCUT2D eigenvalue weighted by Gasteiger charge is 2.12. The normalized spacial score (nSPS) is 12.1. The number of hydrogen-bond acceptors (Lipinski definition) is 3. The molecule has 0 saturated carbocycles. The van der Waals surface area contributed by atoms with Gasteiger partial charge in [-0.05, 0) is 31.9 Å². The van der Waals surface area contributed by atoms with E-state index >= 15 is 0 Å². The third kappa shape index (κ3) is 5.02. The third-order valence-corrected chi connectivity index (χ3v) is 3.79. The van der Waals surface area contributed by atoms with Gasteiger partial charge in [-0.2, -0.15) is 0 Å². The van der Waals surface area contributed by atoms with E-state index in [0.717, 1.165) is 12.8 Å². The number of nitrogens with one attached hydrogen (secondary N) is 1.